The molecule has 0 amide bonds. The predicted molar refractivity (Wildman–Crippen MR) is 79.9 cm³/mol. The average molecular weight is 328 g/mol. The van der Waals surface area contributed by atoms with Crippen molar-refractivity contribution in [3.63, 3.8) is 0 Å². The van der Waals surface area contributed by atoms with Crippen LogP contribution in [0, 0.1) is 0 Å². The Kier molecular flexibility index (Phi) is 5.33. The number of morpholine rings is 1. The van der Waals surface area contributed by atoms with E-state index in [4.69, 9.17) is 10.5 Å². The van der Waals surface area contributed by atoms with Crippen molar-refractivity contribution in [3.8, 4) is 0 Å². The maximum absolute atomic E-state index is 6.02. The maximum Gasteiger partial charge on any atom is 0.0675 e. The fourth-order valence-corrected chi connectivity index (χ4v) is 3.06. The lowest BCUT2D eigenvalue weighted by molar-refractivity contribution is -0.0719. The van der Waals surface area contributed by atoms with Gasteiger partial charge in [-0.05, 0) is 40.9 Å². The SMILES string of the molecule is CCC1COC(C)CN1C(CN)c1cncc(Br)c1. The topological polar surface area (TPSA) is 51.4 Å². The van der Waals surface area contributed by atoms with Gasteiger partial charge >= 0.3 is 0 Å². The van der Waals surface area contributed by atoms with Crippen LogP contribution in [0.5, 0.6) is 0 Å². The molecule has 2 heterocycles. The number of aromatic nitrogens is 1. The Labute approximate surface area is 123 Å². The van der Waals surface area contributed by atoms with E-state index in [1.54, 1.807) is 6.20 Å². The van der Waals surface area contributed by atoms with Gasteiger partial charge in [-0.2, -0.15) is 0 Å². The molecule has 2 rings (SSSR count). The molecule has 4 nitrogen and oxygen atoms in total. The first-order valence-corrected chi connectivity index (χ1v) is 7.62. The third kappa shape index (κ3) is 3.54. The van der Waals surface area contributed by atoms with E-state index in [9.17, 15) is 0 Å². The van der Waals surface area contributed by atoms with Gasteiger partial charge in [-0.3, -0.25) is 9.88 Å². The molecule has 19 heavy (non-hydrogen) atoms. The van der Waals surface area contributed by atoms with Crippen molar-refractivity contribution < 1.29 is 4.74 Å². The first-order valence-electron chi connectivity index (χ1n) is 6.83. The Morgan fingerprint density at radius 2 is 2.37 bits per heavy atom. The monoisotopic (exact) mass is 327 g/mol. The number of hydrogen-bond donors (Lipinski definition) is 1. The molecular weight excluding hydrogens is 306 g/mol. The van der Waals surface area contributed by atoms with Gasteiger partial charge in [-0.1, -0.05) is 6.92 Å². The van der Waals surface area contributed by atoms with Crippen LogP contribution in [0.2, 0.25) is 0 Å². The lowest BCUT2D eigenvalue weighted by Gasteiger charge is -2.43. The summed E-state index contributed by atoms with van der Waals surface area (Å²) in [6.45, 7) is 6.62. The van der Waals surface area contributed by atoms with Crippen LogP contribution in [0.3, 0.4) is 0 Å². The summed E-state index contributed by atoms with van der Waals surface area (Å²) in [5.41, 5.74) is 7.19. The smallest absolute Gasteiger partial charge is 0.0675 e. The van der Waals surface area contributed by atoms with Crippen LogP contribution in [0.15, 0.2) is 22.9 Å². The molecule has 0 aromatic carbocycles. The van der Waals surface area contributed by atoms with Gasteiger partial charge < -0.3 is 10.5 Å². The largest absolute Gasteiger partial charge is 0.376 e. The summed E-state index contributed by atoms with van der Waals surface area (Å²) < 4.78 is 6.76. The molecular formula is C14H22BrN3O. The fourth-order valence-electron chi connectivity index (χ4n) is 2.68. The minimum atomic E-state index is 0.210. The van der Waals surface area contributed by atoms with Gasteiger partial charge in [0.1, 0.15) is 0 Å². The summed E-state index contributed by atoms with van der Waals surface area (Å²) in [4.78, 5) is 6.73. The van der Waals surface area contributed by atoms with E-state index in [-0.39, 0.29) is 12.1 Å². The van der Waals surface area contributed by atoms with Crippen LogP contribution in [0.4, 0.5) is 0 Å². The molecule has 5 heteroatoms. The van der Waals surface area contributed by atoms with Gasteiger partial charge in [-0.25, -0.2) is 0 Å². The van der Waals surface area contributed by atoms with Crippen molar-refractivity contribution in [2.24, 2.45) is 5.73 Å². The molecule has 106 valence electrons. The first-order chi connectivity index (χ1) is 9.15. The number of pyridine rings is 1. The number of nitrogens with two attached hydrogens (primary N) is 1. The number of nitrogens with zero attached hydrogens (tertiary/aromatic N) is 2. The highest BCUT2D eigenvalue weighted by atomic mass is 79.9. The van der Waals surface area contributed by atoms with E-state index in [1.807, 2.05) is 6.20 Å². The van der Waals surface area contributed by atoms with Crippen LogP contribution in [-0.2, 0) is 4.74 Å². The lowest BCUT2D eigenvalue weighted by atomic mass is 10.0. The summed E-state index contributed by atoms with van der Waals surface area (Å²) >= 11 is 3.48. The molecule has 0 saturated carbocycles. The molecule has 0 bridgehead atoms. The number of hydrogen-bond acceptors (Lipinski definition) is 4. The van der Waals surface area contributed by atoms with Crippen LogP contribution in [0.1, 0.15) is 31.9 Å². The first kappa shape index (κ1) is 14.9. The molecule has 0 aliphatic carbocycles. The van der Waals surface area contributed by atoms with E-state index in [1.165, 1.54) is 5.56 Å². The Hall–Kier alpha value is -0.490. The fraction of sp³-hybridized carbons (Fsp3) is 0.643. The second-order valence-electron chi connectivity index (χ2n) is 5.09. The minimum absolute atomic E-state index is 0.210. The normalized spacial score (nSPS) is 26.3. The molecule has 3 atom stereocenters. The third-order valence-corrected chi connectivity index (χ3v) is 4.15. The minimum Gasteiger partial charge on any atom is -0.376 e. The second-order valence-corrected chi connectivity index (χ2v) is 6.01. The molecule has 2 N–H and O–H groups in total. The maximum atomic E-state index is 6.02. The molecule has 1 aliphatic heterocycles. The molecule has 1 aromatic heterocycles. The molecule has 1 saturated heterocycles. The van der Waals surface area contributed by atoms with E-state index >= 15 is 0 Å². The van der Waals surface area contributed by atoms with Crippen molar-refractivity contribution in [2.75, 3.05) is 19.7 Å². The second kappa shape index (κ2) is 6.79. The van der Waals surface area contributed by atoms with E-state index in [0.29, 0.717) is 12.6 Å². The van der Waals surface area contributed by atoms with Crippen molar-refractivity contribution in [2.45, 2.75) is 38.5 Å². The Morgan fingerprint density at radius 3 is 3.00 bits per heavy atom. The van der Waals surface area contributed by atoms with E-state index in [2.05, 4.69) is 45.7 Å². The zero-order valence-corrected chi connectivity index (χ0v) is 13.1. The molecule has 0 radical (unpaired) electrons. The van der Waals surface area contributed by atoms with Gasteiger partial charge in [0.2, 0.25) is 0 Å². The van der Waals surface area contributed by atoms with Gasteiger partial charge in [0.15, 0.2) is 0 Å². The lowest BCUT2D eigenvalue weighted by Crippen LogP contribution is -2.51. The highest BCUT2D eigenvalue weighted by Crippen LogP contribution is 2.27. The average Bonchev–Trinajstić information content (AvgIpc) is 2.40. The van der Waals surface area contributed by atoms with Gasteiger partial charge in [0, 0.05) is 42.0 Å². The molecule has 3 unspecified atom stereocenters. The Bertz CT molecular complexity index is 415. The van der Waals surface area contributed by atoms with Crippen LogP contribution < -0.4 is 5.73 Å². The summed E-state index contributed by atoms with van der Waals surface area (Å²) in [6.07, 6.45) is 5.05. The highest BCUT2D eigenvalue weighted by molar-refractivity contribution is 9.10. The predicted octanol–water partition coefficient (Wildman–Crippen LogP) is 2.34. The number of rotatable bonds is 4. The standard InChI is InChI=1S/C14H22BrN3O/c1-3-13-9-19-10(2)8-18(13)14(5-16)11-4-12(15)7-17-6-11/h4,6-7,10,13-14H,3,5,8-9,16H2,1-2H3. The number of ether oxygens (including phenoxy) is 1. The molecule has 1 aliphatic rings. The molecule has 1 fully saturated rings. The quantitative estimate of drug-likeness (QED) is 0.922. The third-order valence-electron chi connectivity index (χ3n) is 3.72. The summed E-state index contributed by atoms with van der Waals surface area (Å²) in [5, 5.41) is 0. The van der Waals surface area contributed by atoms with Crippen LogP contribution in [-0.4, -0.2) is 41.7 Å². The van der Waals surface area contributed by atoms with Crippen molar-refractivity contribution in [3.05, 3.63) is 28.5 Å². The van der Waals surface area contributed by atoms with Crippen molar-refractivity contribution >= 4 is 15.9 Å². The van der Waals surface area contributed by atoms with Gasteiger partial charge in [0.25, 0.3) is 0 Å². The molecule has 1 aromatic rings. The van der Waals surface area contributed by atoms with Crippen molar-refractivity contribution in [1.29, 1.82) is 0 Å². The van der Waals surface area contributed by atoms with E-state index < -0.39 is 0 Å². The summed E-state index contributed by atoms with van der Waals surface area (Å²) in [7, 11) is 0. The number of halogens is 1. The van der Waals surface area contributed by atoms with Gasteiger partial charge in [0.05, 0.1) is 12.7 Å². The Morgan fingerprint density at radius 1 is 1.58 bits per heavy atom. The van der Waals surface area contributed by atoms with Crippen molar-refractivity contribution in [1.82, 2.24) is 9.88 Å². The summed E-state index contributed by atoms with van der Waals surface area (Å²) in [6, 6.07) is 2.75. The molecule has 0 spiro atoms. The van der Waals surface area contributed by atoms with Gasteiger partial charge in [-0.15, -0.1) is 0 Å². The van der Waals surface area contributed by atoms with E-state index in [0.717, 1.165) is 24.0 Å². The van der Waals surface area contributed by atoms with Crippen LogP contribution in [0.25, 0.3) is 0 Å². The van der Waals surface area contributed by atoms with Crippen LogP contribution >= 0.6 is 15.9 Å². The highest BCUT2D eigenvalue weighted by Gasteiger charge is 2.31. The zero-order valence-electron chi connectivity index (χ0n) is 11.6. The Balaban J connectivity index is 2.23. The zero-order chi connectivity index (χ0) is 13.8. The summed E-state index contributed by atoms with van der Waals surface area (Å²) in [5.74, 6) is 0.